The van der Waals surface area contributed by atoms with E-state index in [-0.39, 0.29) is 17.2 Å². The summed E-state index contributed by atoms with van der Waals surface area (Å²) in [5, 5.41) is 10.0. The Labute approximate surface area is 142 Å². The summed E-state index contributed by atoms with van der Waals surface area (Å²) < 4.78 is 11.0. The van der Waals surface area contributed by atoms with Crippen LogP contribution < -0.4 is 20.3 Å². The van der Waals surface area contributed by atoms with Crippen LogP contribution in [0.25, 0.3) is 10.8 Å². The van der Waals surface area contributed by atoms with E-state index in [1.807, 2.05) is 18.2 Å². The number of nitrogens with zero attached hydrogens (tertiary/aromatic N) is 1. The number of amides is 1. The molecule has 0 radical (unpaired) electrons. The van der Waals surface area contributed by atoms with E-state index in [9.17, 15) is 9.59 Å². The van der Waals surface area contributed by atoms with Crippen LogP contribution in [0.15, 0.2) is 47.3 Å². The van der Waals surface area contributed by atoms with Gasteiger partial charge in [-0.15, -0.1) is 0 Å². The molecule has 0 unspecified atom stereocenters. The molecule has 2 heterocycles. The summed E-state index contributed by atoms with van der Waals surface area (Å²) in [5.41, 5.74) is 0.748. The molecule has 7 heteroatoms. The fourth-order valence-electron chi connectivity index (χ4n) is 2.75. The lowest BCUT2D eigenvalue weighted by molar-refractivity contribution is 0.0946. The van der Waals surface area contributed by atoms with Gasteiger partial charge in [0.05, 0.1) is 5.39 Å². The standard InChI is InChI=1S/C18H15N3O4/c22-17-13-4-2-1-3-12(13)16(20-21-17)18(23)19-10-11-5-6-14-15(9-11)25-8-7-24-14/h1-6,9H,7-8,10H2,(H,19,23)(H,21,22). The molecule has 4 rings (SSSR count). The molecule has 0 atom stereocenters. The van der Waals surface area contributed by atoms with Crippen molar-refractivity contribution >= 4 is 16.7 Å². The van der Waals surface area contributed by atoms with Crippen LogP contribution in [0.5, 0.6) is 11.5 Å². The van der Waals surface area contributed by atoms with Gasteiger partial charge in [0, 0.05) is 11.9 Å². The van der Waals surface area contributed by atoms with Gasteiger partial charge in [-0.3, -0.25) is 9.59 Å². The van der Waals surface area contributed by atoms with Crippen molar-refractivity contribution in [2.45, 2.75) is 6.54 Å². The zero-order valence-electron chi connectivity index (χ0n) is 13.2. The van der Waals surface area contributed by atoms with Crippen molar-refractivity contribution in [3.8, 4) is 11.5 Å². The van der Waals surface area contributed by atoms with E-state index >= 15 is 0 Å². The van der Waals surface area contributed by atoms with Gasteiger partial charge in [-0.1, -0.05) is 24.3 Å². The van der Waals surface area contributed by atoms with E-state index < -0.39 is 0 Å². The largest absolute Gasteiger partial charge is 0.486 e. The predicted octanol–water partition coefficient (Wildman–Crippen LogP) is 1.62. The zero-order chi connectivity index (χ0) is 17.2. The van der Waals surface area contributed by atoms with Crippen LogP contribution in [-0.4, -0.2) is 29.3 Å². The Kier molecular flexibility index (Phi) is 3.81. The van der Waals surface area contributed by atoms with Crippen molar-refractivity contribution < 1.29 is 14.3 Å². The Morgan fingerprint density at radius 2 is 1.84 bits per heavy atom. The highest BCUT2D eigenvalue weighted by Crippen LogP contribution is 2.30. The number of carbonyl (C=O) groups excluding carboxylic acids is 1. The zero-order valence-corrected chi connectivity index (χ0v) is 13.2. The van der Waals surface area contributed by atoms with E-state index in [1.165, 1.54) is 0 Å². The summed E-state index contributed by atoms with van der Waals surface area (Å²) in [6, 6.07) is 12.4. The van der Waals surface area contributed by atoms with E-state index in [0.29, 0.717) is 42.0 Å². The molecular formula is C18H15N3O4. The van der Waals surface area contributed by atoms with Crippen LogP contribution in [0.2, 0.25) is 0 Å². The molecule has 0 aliphatic carbocycles. The van der Waals surface area contributed by atoms with Gasteiger partial charge in [-0.05, 0) is 23.8 Å². The summed E-state index contributed by atoms with van der Waals surface area (Å²) in [7, 11) is 0. The highest BCUT2D eigenvalue weighted by Gasteiger charge is 2.15. The van der Waals surface area contributed by atoms with E-state index in [0.717, 1.165) is 5.56 Å². The molecule has 0 bridgehead atoms. The number of fused-ring (bicyclic) bond motifs is 2. The molecule has 3 aromatic rings. The average Bonchev–Trinajstić information content (AvgIpc) is 2.66. The lowest BCUT2D eigenvalue weighted by atomic mass is 10.1. The van der Waals surface area contributed by atoms with Gasteiger partial charge in [0.2, 0.25) is 0 Å². The molecule has 25 heavy (non-hydrogen) atoms. The number of hydrogen-bond acceptors (Lipinski definition) is 5. The number of aromatic amines is 1. The fraction of sp³-hybridized carbons (Fsp3) is 0.167. The van der Waals surface area contributed by atoms with Gasteiger partial charge in [-0.25, -0.2) is 5.10 Å². The molecule has 0 fully saturated rings. The van der Waals surface area contributed by atoms with Crippen molar-refractivity contribution in [1.82, 2.24) is 15.5 Å². The van der Waals surface area contributed by atoms with E-state index in [2.05, 4.69) is 15.5 Å². The monoisotopic (exact) mass is 337 g/mol. The summed E-state index contributed by atoms with van der Waals surface area (Å²) in [4.78, 5) is 24.3. The van der Waals surface area contributed by atoms with Crippen LogP contribution in [0.1, 0.15) is 16.1 Å². The first-order valence-corrected chi connectivity index (χ1v) is 7.86. The van der Waals surface area contributed by atoms with Crippen LogP contribution in [0, 0.1) is 0 Å². The number of nitrogens with one attached hydrogen (secondary N) is 2. The van der Waals surface area contributed by atoms with Gasteiger partial charge in [-0.2, -0.15) is 5.10 Å². The third kappa shape index (κ3) is 2.91. The molecule has 1 amide bonds. The van der Waals surface area contributed by atoms with Gasteiger partial charge in [0.25, 0.3) is 11.5 Å². The minimum atomic E-state index is -0.359. The maximum absolute atomic E-state index is 12.5. The number of ether oxygens (including phenoxy) is 2. The second-order valence-corrected chi connectivity index (χ2v) is 5.61. The smallest absolute Gasteiger partial charge is 0.272 e. The first-order valence-electron chi connectivity index (χ1n) is 7.86. The second-order valence-electron chi connectivity index (χ2n) is 5.61. The third-order valence-electron chi connectivity index (χ3n) is 3.97. The number of carbonyl (C=O) groups is 1. The van der Waals surface area contributed by atoms with Crippen molar-refractivity contribution in [2.24, 2.45) is 0 Å². The lowest BCUT2D eigenvalue weighted by Gasteiger charge is -2.19. The molecule has 7 nitrogen and oxygen atoms in total. The molecule has 1 aromatic heterocycles. The maximum Gasteiger partial charge on any atom is 0.272 e. The molecule has 0 saturated heterocycles. The molecule has 2 N–H and O–H groups in total. The first kappa shape index (κ1) is 15.2. The Balaban J connectivity index is 1.55. The first-order chi connectivity index (χ1) is 12.2. The highest BCUT2D eigenvalue weighted by molar-refractivity contribution is 6.04. The SMILES string of the molecule is O=C(NCc1ccc2c(c1)OCCO2)c1n[nH]c(=O)c2ccccc12. The minimum absolute atomic E-state index is 0.188. The van der Waals surface area contributed by atoms with Gasteiger partial charge in [0.15, 0.2) is 17.2 Å². The molecule has 1 aliphatic heterocycles. The van der Waals surface area contributed by atoms with Gasteiger partial charge >= 0.3 is 0 Å². The van der Waals surface area contributed by atoms with Gasteiger partial charge in [0.1, 0.15) is 13.2 Å². The molecule has 0 spiro atoms. The summed E-state index contributed by atoms with van der Waals surface area (Å²) in [6.07, 6.45) is 0. The Hall–Kier alpha value is -3.35. The normalized spacial score (nSPS) is 12.8. The number of rotatable bonds is 3. The molecular weight excluding hydrogens is 322 g/mol. The van der Waals surface area contributed by atoms with Crippen LogP contribution in [0.4, 0.5) is 0 Å². The Morgan fingerprint density at radius 1 is 1.08 bits per heavy atom. The minimum Gasteiger partial charge on any atom is -0.486 e. The van der Waals surface area contributed by atoms with Crippen LogP contribution >= 0.6 is 0 Å². The van der Waals surface area contributed by atoms with Crippen molar-refractivity contribution in [3.63, 3.8) is 0 Å². The number of H-pyrrole nitrogens is 1. The van der Waals surface area contributed by atoms with Crippen molar-refractivity contribution in [2.75, 3.05) is 13.2 Å². The molecule has 2 aromatic carbocycles. The van der Waals surface area contributed by atoms with Crippen LogP contribution in [0.3, 0.4) is 0 Å². The summed E-state index contributed by atoms with van der Waals surface area (Å²) in [6.45, 7) is 1.36. The summed E-state index contributed by atoms with van der Waals surface area (Å²) >= 11 is 0. The number of hydrogen-bond donors (Lipinski definition) is 2. The van der Waals surface area contributed by atoms with Crippen molar-refractivity contribution in [3.05, 3.63) is 64.1 Å². The molecule has 1 aliphatic rings. The molecule has 126 valence electrons. The average molecular weight is 337 g/mol. The predicted molar refractivity (Wildman–Crippen MR) is 91.0 cm³/mol. The lowest BCUT2D eigenvalue weighted by Crippen LogP contribution is -2.26. The Bertz CT molecular complexity index is 1010. The van der Waals surface area contributed by atoms with Gasteiger partial charge < -0.3 is 14.8 Å². The third-order valence-corrected chi connectivity index (χ3v) is 3.97. The quantitative estimate of drug-likeness (QED) is 0.758. The molecule has 0 saturated carbocycles. The Morgan fingerprint density at radius 3 is 2.68 bits per heavy atom. The van der Waals surface area contributed by atoms with Crippen molar-refractivity contribution in [1.29, 1.82) is 0 Å². The summed E-state index contributed by atoms with van der Waals surface area (Å²) in [5.74, 6) is 1.02. The highest BCUT2D eigenvalue weighted by atomic mass is 16.6. The fourth-order valence-corrected chi connectivity index (χ4v) is 2.75. The van der Waals surface area contributed by atoms with Crippen LogP contribution in [-0.2, 0) is 6.54 Å². The maximum atomic E-state index is 12.5. The number of benzene rings is 2. The van der Waals surface area contributed by atoms with E-state index in [4.69, 9.17) is 9.47 Å². The number of aromatic nitrogens is 2. The topological polar surface area (TPSA) is 93.3 Å². The second kappa shape index (κ2) is 6.27. The van der Waals surface area contributed by atoms with E-state index in [1.54, 1.807) is 24.3 Å².